The van der Waals surface area contributed by atoms with Crippen molar-refractivity contribution in [2.24, 2.45) is 0 Å². The number of carbonyl (C=O) groups is 5. The van der Waals surface area contributed by atoms with Crippen LogP contribution in [-0.2, 0) is 56.3 Å². The number of imide groups is 2. The van der Waals surface area contributed by atoms with Crippen molar-refractivity contribution in [3.05, 3.63) is 71.8 Å². The second-order valence-corrected chi connectivity index (χ2v) is 11.3. The summed E-state index contributed by atoms with van der Waals surface area (Å²) in [6.45, 7) is 6.34. The SMILES string of the molecule is CCCC(=O)N(OC[C@@H](O)[C@@H](ON(C(=O)CCC)C(=O)CCC)[C@H](OCc1ccccc1)[C@H](C=O)OCc1ccccc1)C(=O)CCC. The Bertz CT molecular complexity index is 1220. The van der Waals surface area contributed by atoms with Gasteiger partial charge in [0.25, 0.3) is 23.6 Å². The third-order valence-electron chi connectivity index (χ3n) is 7.09. The fourth-order valence-corrected chi connectivity index (χ4v) is 4.64. The Hall–Kier alpha value is -3.81. The van der Waals surface area contributed by atoms with Gasteiger partial charge in [0, 0.05) is 25.7 Å². The van der Waals surface area contributed by atoms with E-state index in [0.717, 1.165) is 11.1 Å². The van der Waals surface area contributed by atoms with E-state index in [4.69, 9.17) is 19.1 Å². The molecule has 0 saturated carbocycles. The van der Waals surface area contributed by atoms with Gasteiger partial charge in [-0.2, -0.15) is 10.1 Å². The molecular weight excluding hydrogens is 620 g/mol. The van der Waals surface area contributed by atoms with Crippen LogP contribution in [0.2, 0.25) is 0 Å². The average molecular weight is 671 g/mol. The van der Waals surface area contributed by atoms with Crippen molar-refractivity contribution in [2.45, 2.75) is 117 Å². The first-order chi connectivity index (χ1) is 23.2. The molecule has 0 aromatic heterocycles. The minimum Gasteiger partial charge on any atom is -0.388 e. The second kappa shape index (κ2) is 22.7. The van der Waals surface area contributed by atoms with Crippen molar-refractivity contribution in [1.82, 2.24) is 10.1 Å². The van der Waals surface area contributed by atoms with Gasteiger partial charge in [-0.05, 0) is 36.8 Å². The largest absolute Gasteiger partial charge is 0.388 e. The highest BCUT2D eigenvalue weighted by Crippen LogP contribution is 2.22. The summed E-state index contributed by atoms with van der Waals surface area (Å²) in [4.78, 5) is 76.2. The Balaban J connectivity index is 2.56. The normalized spacial score (nSPS) is 13.6. The molecule has 0 bridgehead atoms. The first-order valence-electron chi connectivity index (χ1n) is 16.7. The highest BCUT2D eigenvalue weighted by Gasteiger charge is 2.41. The molecule has 0 aliphatic carbocycles. The number of aldehydes is 1. The number of hydroxylamine groups is 4. The monoisotopic (exact) mass is 670 g/mol. The smallest absolute Gasteiger partial charge is 0.253 e. The number of benzene rings is 2. The van der Waals surface area contributed by atoms with Crippen LogP contribution >= 0.6 is 0 Å². The quantitative estimate of drug-likeness (QED) is 0.128. The summed E-state index contributed by atoms with van der Waals surface area (Å²) >= 11 is 0. The Morgan fingerprint density at radius 3 is 1.48 bits per heavy atom. The maximum Gasteiger partial charge on any atom is 0.253 e. The molecule has 12 nitrogen and oxygen atoms in total. The topological polar surface area (TPSA) is 149 Å². The predicted octanol–water partition coefficient (Wildman–Crippen LogP) is 4.86. The van der Waals surface area contributed by atoms with Crippen molar-refractivity contribution < 1.29 is 48.2 Å². The molecule has 0 unspecified atom stereocenters. The van der Waals surface area contributed by atoms with E-state index < -0.39 is 54.7 Å². The first-order valence-corrected chi connectivity index (χ1v) is 16.7. The van der Waals surface area contributed by atoms with Gasteiger partial charge >= 0.3 is 0 Å². The lowest BCUT2D eigenvalue weighted by atomic mass is 10.0. The number of ether oxygens (including phenoxy) is 2. The molecule has 0 saturated heterocycles. The van der Waals surface area contributed by atoms with Crippen LogP contribution in [0.4, 0.5) is 0 Å². The zero-order chi connectivity index (χ0) is 35.3. The van der Waals surface area contributed by atoms with Gasteiger partial charge in [0.15, 0.2) is 6.29 Å². The van der Waals surface area contributed by atoms with E-state index >= 15 is 0 Å². The summed E-state index contributed by atoms with van der Waals surface area (Å²) in [6, 6.07) is 18.1. The van der Waals surface area contributed by atoms with Crippen LogP contribution in [-0.4, -0.2) is 76.2 Å². The second-order valence-electron chi connectivity index (χ2n) is 11.3. The average Bonchev–Trinajstić information content (AvgIpc) is 3.08. The van der Waals surface area contributed by atoms with Crippen LogP contribution in [0, 0.1) is 0 Å². The Morgan fingerprint density at radius 2 is 1.06 bits per heavy atom. The molecule has 2 aromatic rings. The molecular formula is C36H50N2O10. The van der Waals surface area contributed by atoms with E-state index in [1.165, 1.54) is 0 Å². The molecule has 0 fully saturated rings. The number of carbonyl (C=O) groups excluding carboxylic acids is 5. The third kappa shape index (κ3) is 13.4. The zero-order valence-electron chi connectivity index (χ0n) is 28.5. The van der Waals surface area contributed by atoms with Crippen molar-refractivity contribution in [1.29, 1.82) is 0 Å². The summed E-state index contributed by atoms with van der Waals surface area (Å²) in [5.41, 5.74) is 1.48. The fourth-order valence-electron chi connectivity index (χ4n) is 4.64. The first kappa shape index (κ1) is 40.4. The van der Waals surface area contributed by atoms with Gasteiger partial charge < -0.3 is 19.4 Å². The maximum atomic E-state index is 13.2. The molecule has 2 rings (SSSR count). The van der Waals surface area contributed by atoms with Gasteiger partial charge in [0.1, 0.15) is 31.0 Å². The maximum absolute atomic E-state index is 13.2. The molecule has 0 aliphatic heterocycles. The summed E-state index contributed by atoms with van der Waals surface area (Å²) in [5.74, 6) is -2.48. The molecule has 48 heavy (non-hydrogen) atoms. The minimum absolute atomic E-state index is 0.00712. The number of hydrogen-bond acceptors (Lipinski definition) is 10. The molecule has 0 radical (unpaired) electrons. The Kier molecular flexibility index (Phi) is 19.1. The number of aliphatic hydroxyl groups excluding tert-OH is 1. The highest BCUT2D eigenvalue weighted by molar-refractivity contribution is 5.94. The van der Waals surface area contributed by atoms with Crippen molar-refractivity contribution in [3.8, 4) is 0 Å². The number of nitrogens with zero attached hydrogens (tertiary/aromatic N) is 2. The minimum atomic E-state index is -1.73. The van der Waals surface area contributed by atoms with Crippen LogP contribution in [0.1, 0.15) is 90.2 Å². The molecule has 12 heteroatoms. The van der Waals surface area contributed by atoms with Gasteiger partial charge in [-0.15, -0.1) is 0 Å². The summed E-state index contributed by atoms with van der Waals surface area (Å²) in [6.07, 6.45) is -3.90. The third-order valence-corrected chi connectivity index (χ3v) is 7.09. The lowest BCUT2D eigenvalue weighted by Gasteiger charge is -2.36. The highest BCUT2D eigenvalue weighted by atomic mass is 16.7. The lowest BCUT2D eigenvalue weighted by Crippen LogP contribution is -2.55. The number of rotatable bonds is 23. The van der Waals surface area contributed by atoms with E-state index in [9.17, 15) is 29.1 Å². The lowest BCUT2D eigenvalue weighted by molar-refractivity contribution is -0.264. The van der Waals surface area contributed by atoms with Gasteiger partial charge in [-0.25, -0.2) is 0 Å². The van der Waals surface area contributed by atoms with Crippen molar-refractivity contribution >= 4 is 29.9 Å². The van der Waals surface area contributed by atoms with E-state index in [1.54, 1.807) is 52.0 Å². The molecule has 2 aromatic carbocycles. The summed E-state index contributed by atoms with van der Waals surface area (Å²) < 4.78 is 12.2. The van der Waals surface area contributed by atoms with Crippen LogP contribution in [0.3, 0.4) is 0 Å². The van der Waals surface area contributed by atoms with E-state index in [0.29, 0.717) is 42.1 Å². The van der Waals surface area contributed by atoms with Crippen LogP contribution < -0.4 is 0 Å². The molecule has 4 atom stereocenters. The summed E-state index contributed by atoms with van der Waals surface area (Å²) in [5, 5.41) is 12.9. The van der Waals surface area contributed by atoms with Crippen LogP contribution in [0.25, 0.3) is 0 Å². The molecule has 1 N–H and O–H groups in total. The Morgan fingerprint density at radius 1 is 0.646 bits per heavy atom. The molecule has 264 valence electrons. The van der Waals surface area contributed by atoms with Gasteiger partial charge in [0.2, 0.25) is 0 Å². The zero-order valence-corrected chi connectivity index (χ0v) is 28.5. The van der Waals surface area contributed by atoms with Gasteiger partial charge in [-0.3, -0.25) is 28.9 Å². The van der Waals surface area contributed by atoms with Gasteiger partial charge in [0.05, 0.1) is 13.2 Å². The fraction of sp³-hybridized carbons (Fsp3) is 0.528. The van der Waals surface area contributed by atoms with Crippen molar-refractivity contribution in [2.75, 3.05) is 6.61 Å². The van der Waals surface area contributed by atoms with Crippen LogP contribution in [0.5, 0.6) is 0 Å². The predicted molar refractivity (Wildman–Crippen MR) is 176 cm³/mol. The molecule has 0 spiro atoms. The number of amides is 4. The number of aliphatic hydroxyl groups is 1. The summed E-state index contributed by atoms with van der Waals surface area (Å²) in [7, 11) is 0. The van der Waals surface area contributed by atoms with Crippen LogP contribution in [0.15, 0.2) is 60.7 Å². The van der Waals surface area contributed by atoms with E-state index in [-0.39, 0.29) is 38.9 Å². The van der Waals surface area contributed by atoms with Crippen molar-refractivity contribution in [3.63, 3.8) is 0 Å². The number of hydrogen-bond donors (Lipinski definition) is 1. The van der Waals surface area contributed by atoms with E-state index in [2.05, 4.69) is 0 Å². The Labute approximate surface area is 283 Å². The molecule has 0 aliphatic rings. The van der Waals surface area contributed by atoms with Gasteiger partial charge in [-0.1, -0.05) is 88.4 Å². The standard InChI is InChI=1S/C36H50N2O10/c1-5-15-31(41)37(32(42)16-6-2)47-26-29(40)35(48-38(33(43)17-7-3)34(44)18-8-4)36(46-25-28-21-13-10-14-22-28)30(23-39)45-24-27-19-11-9-12-20-27/h9-14,19-23,29-30,35-36,40H,5-8,15-18,24-26H2,1-4H3/t29-,30+,35-,36-/m1/s1. The van der Waals surface area contributed by atoms with E-state index in [1.807, 2.05) is 36.4 Å². The molecule has 4 amide bonds. The molecule has 0 heterocycles.